The fraction of sp³-hybridized carbons (Fsp3) is 0.333. The SMILES string of the molecule is N[C@@H](CCO)c1cccc(Br)c1. The van der Waals surface area contributed by atoms with Crippen molar-refractivity contribution < 1.29 is 5.11 Å². The highest BCUT2D eigenvalue weighted by Crippen LogP contribution is 2.18. The minimum absolute atomic E-state index is 0.0625. The molecule has 0 fully saturated rings. The van der Waals surface area contributed by atoms with Crippen LogP contribution >= 0.6 is 15.9 Å². The Morgan fingerprint density at radius 3 is 2.83 bits per heavy atom. The van der Waals surface area contributed by atoms with Crippen molar-refractivity contribution >= 4 is 15.9 Å². The maximum Gasteiger partial charge on any atom is 0.0449 e. The normalized spacial score (nSPS) is 12.9. The number of halogens is 1. The number of aliphatic hydroxyl groups excluding tert-OH is 1. The van der Waals surface area contributed by atoms with Crippen LogP contribution in [-0.4, -0.2) is 11.7 Å². The first kappa shape index (κ1) is 9.71. The van der Waals surface area contributed by atoms with Gasteiger partial charge in [0.25, 0.3) is 0 Å². The number of benzene rings is 1. The molecular formula is C9H12BrNO. The Bertz CT molecular complexity index is 252. The number of aliphatic hydroxyl groups is 1. The standard InChI is InChI=1S/C9H12BrNO/c10-8-3-1-2-7(6-8)9(11)4-5-12/h1-3,6,9,12H,4-5,11H2/t9-/m0/s1. The molecule has 1 atom stereocenters. The molecule has 0 bridgehead atoms. The predicted molar refractivity (Wildman–Crippen MR) is 52.8 cm³/mol. The summed E-state index contributed by atoms with van der Waals surface area (Å²) < 4.78 is 1.02. The summed E-state index contributed by atoms with van der Waals surface area (Å²) in [5.41, 5.74) is 6.85. The van der Waals surface area contributed by atoms with E-state index in [-0.39, 0.29) is 12.6 Å². The Morgan fingerprint density at radius 2 is 2.25 bits per heavy atom. The zero-order valence-electron chi connectivity index (χ0n) is 6.70. The first-order valence-corrected chi connectivity index (χ1v) is 4.65. The number of hydrogen-bond donors (Lipinski definition) is 2. The van der Waals surface area contributed by atoms with E-state index in [1.807, 2.05) is 24.3 Å². The summed E-state index contributed by atoms with van der Waals surface area (Å²) >= 11 is 3.36. The largest absolute Gasteiger partial charge is 0.396 e. The Labute approximate surface area is 80.5 Å². The molecule has 1 rings (SSSR count). The Balaban J connectivity index is 2.73. The van der Waals surface area contributed by atoms with E-state index >= 15 is 0 Å². The second-order valence-corrected chi connectivity index (χ2v) is 3.59. The molecular weight excluding hydrogens is 218 g/mol. The molecule has 0 saturated heterocycles. The molecule has 1 aromatic carbocycles. The summed E-state index contributed by atoms with van der Waals surface area (Å²) in [6, 6.07) is 7.77. The van der Waals surface area contributed by atoms with E-state index in [2.05, 4.69) is 15.9 Å². The second-order valence-electron chi connectivity index (χ2n) is 2.67. The van der Waals surface area contributed by atoms with Gasteiger partial charge in [0.05, 0.1) is 0 Å². The van der Waals surface area contributed by atoms with Crippen molar-refractivity contribution in [3.63, 3.8) is 0 Å². The van der Waals surface area contributed by atoms with Gasteiger partial charge in [-0.3, -0.25) is 0 Å². The zero-order chi connectivity index (χ0) is 8.97. The van der Waals surface area contributed by atoms with Crippen molar-refractivity contribution in [1.82, 2.24) is 0 Å². The molecule has 12 heavy (non-hydrogen) atoms. The van der Waals surface area contributed by atoms with Crippen LogP contribution in [-0.2, 0) is 0 Å². The Morgan fingerprint density at radius 1 is 1.50 bits per heavy atom. The molecule has 3 heteroatoms. The first-order valence-electron chi connectivity index (χ1n) is 3.86. The monoisotopic (exact) mass is 229 g/mol. The number of rotatable bonds is 3. The minimum Gasteiger partial charge on any atom is -0.396 e. The van der Waals surface area contributed by atoms with Crippen LogP contribution in [0.25, 0.3) is 0 Å². The number of hydrogen-bond acceptors (Lipinski definition) is 2. The van der Waals surface area contributed by atoms with E-state index in [0.717, 1.165) is 10.0 Å². The van der Waals surface area contributed by atoms with E-state index in [1.165, 1.54) is 0 Å². The van der Waals surface area contributed by atoms with Crippen LogP contribution in [0.15, 0.2) is 28.7 Å². The van der Waals surface area contributed by atoms with Gasteiger partial charge in [0.15, 0.2) is 0 Å². The van der Waals surface area contributed by atoms with Crippen molar-refractivity contribution in [3.05, 3.63) is 34.3 Å². The highest BCUT2D eigenvalue weighted by Gasteiger charge is 2.04. The zero-order valence-corrected chi connectivity index (χ0v) is 8.29. The van der Waals surface area contributed by atoms with Crippen LogP contribution in [0, 0.1) is 0 Å². The molecule has 0 amide bonds. The van der Waals surface area contributed by atoms with Crippen molar-refractivity contribution in [3.8, 4) is 0 Å². The molecule has 0 aliphatic rings. The van der Waals surface area contributed by atoms with Crippen LogP contribution in [0.4, 0.5) is 0 Å². The highest BCUT2D eigenvalue weighted by atomic mass is 79.9. The molecule has 0 heterocycles. The van der Waals surface area contributed by atoms with E-state index in [9.17, 15) is 0 Å². The van der Waals surface area contributed by atoms with Gasteiger partial charge < -0.3 is 10.8 Å². The third-order valence-corrected chi connectivity index (χ3v) is 2.21. The Hall–Kier alpha value is -0.380. The van der Waals surface area contributed by atoms with Crippen LogP contribution in [0.3, 0.4) is 0 Å². The molecule has 1 aromatic rings. The summed E-state index contributed by atoms with van der Waals surface area (Å²) in [6.07, 6.45) is 0.608. The molecule has 0 saturated carbocycles. The minimum atomic E-state index is -0.0625. The van der Waals surface area contributed by atoms with Gasteiger partial charge in [-0.1, -0.05) is 28.1 Å². The van der Waals surface area contributed by atoms with Crippen molar-refractivity contribution in [2.75, 3.05) is 6.61 Å². The quantitative estimate of drug-likeness (QED) is 0.832. The third-order valence-electron chi connectivity index (χ3n) is 1.72. The van der Waals surface area contributed by atoms with Gasteiger partial charge in [0.1, 0.15) is 0 Å². The maximum absolute atomic E-state index is 8.68. The molecule has 66 valence electrons. The first-order chi connectivity index (χ1) is 5.74. The van der Waals surface area contributed by atoms with Gasteiger partial charge in [-0.2, -0.15) is 0 Å². The summed E-state index contributed by atoms with van der Waals surface area (Å²) in [6.45, 7) is 0.133. The topological polar surface area (TPSA) is 46.2 Å². The van der Waals surface area contributed by atoms with Crippen molar-refractivity contribution in [2.24, 2.45) is 5.73 Å². The molecule has 2 nitrogen and oxygen atoms in total. The van der Waals surface area contributed by atoms with Gasteiger partial charge in [-0.05, 0) is 24.1 Å². The lowest BCUT2D eigenvalue weighted by molar-refractivity contribution is 0.276. The fourth-order valence-electron chi connectivity index (χ4n) is 1.04. The van der Waals surface area contributed by atoms with E-state index in [4.69, 9.17) is 10.8 Å². The average Bonchev–Trinajstić information content (AvgIpc) is 2.05. The predicted octanol–water partition coefficient (Wildman–Crippen LogP) is 1.83. The van der Waals surface area contributed by atoms with Crippen LogP contribution in [0.5, 0.6) is 0 Å². The summed E-state index contributed by atoms with van der Waals surface area (Å²) in [5, 5.41) is 8.68. The van der Waals surface area contributed by atoms with E-state index in [1.54, 1.807) is 0 Å². The lowest BCUT2D eigenvalue weighted by Gasteiger charge is -2.09. The van der Waals surface area contributed by atoms with Gasteiger partial charge in [0, 0.05) is 17.1 Å². The van der Waals surface area contributed by atoms with Crippen LogP contribution in [0.1, 0.15) is 18.0 Å². The molecule has 0 aliphatic carbocycles. The summed E-state index contributed by atoms with van der Waals surface area (Å²) in [4.78, 5) is 0. The van der Waals surface area contributed by atoms with Gasteiger partial charge in [-0.25, -0.2) is 0 Å². The third kappa shape index (κ3) is 2.59. The van der Waals surface area contributed by atoms with Crippen molar-refractivity contribution in [2.45, 2.75) is 12.5 Å². The molecule has 0 spiro atoms. The molecule has 0 radical (unpaired) electrons. The molecule has 0 aromatic heterocycles. The van der Waals surface area contributed by atoms with Crippen molar-refractivity contribution in [1.29, 1.82) is 0 Å². The molecule has 0 aliphatic heterocycles. The van der Waals surface area contributed by atoms with E-state index in [0.29, 0.717) is 6.42 Å². The summed E-state index contributed by atoms with van der Waals surface area (Å²) in [5.74, 6) is 0. The fourth-order valence-corrected chi connectivity index (χ4v) is 1.46. The Kier molecular flexibility index (Phi) is 3.72. The number of nitrogens with two attached hydrogens (primary N) is 1. The van der Waals surface area contributed by atoms with Gasteiger partial charge in [-0.15, -0.1) is 0 Å². The van der Waals surface area contributed by atoms with Gasteiger partial charge in [0.2, 0.25) is 0 Å². The van der Waals surface area contributed by atoms with Crippen LogP contribution in [0.2, 0.25) is 0 Å². The maximum atomic E-state index is 8.68. The van der Waals surface area contributed by atoms with Crippen LogP contribution < -0.4 is 5.73 Å². The molecule has 3 N–H and O–H groups in total. The molecule has 0 unspecified atom stereocenters. The van der Waals surface area contributed by atoms with E-state index < -0.39 is 0 Å². The second kappa shape index (κ2) is 4.60. The lowest BCUT2D eigenvalue weighted by atomic mass is 10.1. The summed E-state index contributed by atoms with van der Waals surface area (Å²) in [7, 11) is 0. The average molecular weight is 230 g/mol. The van der Waals surface area contributed by atoms with Gasteiger partial charge >= 0.3 is 0 Å². The lowest BCUT2D eigenvalue weighted by Crippen LogP contribution is -2.11. The highest BCUT2D eigenvalue weighted by molar-refractivity contribution is 9.10. The smallest absolute Gasteiger partial charge is 0.0449 e.